The lowest BCUT2D eigenvalue weighted by Crippen LogP contribution is -2.28. The Morgan fingerprint density at radius 2 is 1.82 bits per heavy atom. The lowest BCUT2D eigenvalue weighted by atomic mass is 10.2. The molecule has 0 unspecified atom stereocenters. The van der Waals surface area contributed by atoms with Crippen LogP contribution in [0.5, 0.6) is 5.75 Å². The van der Waals surface area contributed by atoms with Gasteiger partial charge in [0.2, 0.25) is 10.0 Å². The van der Waals surface area contributed by atoms with Gasteiger partial charge in [-0.05, 0) is 43.2 Å². The second-order valence-electron chi connectivity index (χ2n) is 6.17. The number of carbonyl (C=O) groups is 1. The summed E-state index contributed by atoms with van der Waals surface area (Å²) in [7, 11) is -3.68. The average molecular weight is 428 g/mol. The number of sulfonamides is 1. The van der Waals surface area contributed by atoms with Crippen LogP contribution >= 0.6 is 11.6 Å². The number of hydrogen-bond donors (Lipinski definition) is 0. The van der Waals surface area contributed by atoms with E-state index in [2.05, 4.69) is 0 Å². The van der Waals surface area contributed by atoms with Gasteiger partial charge in [-0.3, -0.25) is 0 Å². The molecule has 150 valence electrons. The molecule has 0 aromatic heterocycles. The predicted octanol–water partition coefficient (Wildman–Crippen LogP) is 3.50. The van der Waals surface area contributed by atoms with E-state index >= 15 is 0 Å². The van der Waals surface area contributed by atoms with Gasteiger partial charge in [-0.1, -0.05) is 23.7 Å². The van der Waals surface area contributed by atoms with Crippen LogP contribution in [-0.2, 0) is 14.8 Å². The van der Waals surface area contributed by atoms with Crippen LogP contribution in [0, 0.1) is 5.82 Å². The van der Waals surface area contributed by atoms with Crippen LogP contribution in [0.3, 0.4) is 0 Å². The standard InChI is InChI=1S/C19H19ClFNO5S/c20-16-8-7-14(28(24,25)22-9-3-4-10-22)13-15(16)19(23)27-12-11-26-18-6-2-1-5-17(18)21/h1-2,5-8,13H,3-4,9-12H2. The second-order valence-corrected chi connectivity index (χ2v) is 8.51. The van der Waals surface area contributed by atoms with E-state index in [1.165, 1.54) is 40.7 Å². The quantitative estimate of drug-likeness (QED) is 0.499. The minimum Gasteiger partial charge on any atom is -0.487 e. The van der Waals surface area contributed by atoms with Crippen LogP contribution in [-0.4, -0.2) is 45.0 Å². The zero-order valence-electron chi connectivity index (χ0n) is 14.9. The van der Waals surface area contributed by atoms with Crippen molar-refractivity contribution < 1.29 is 27.1 Å². The van der Waals surface area contributed by atoms with Crippen molar-refractivity contribution in [3.8, 4) is 5.75 Å². The van der Waals surface area contributed by atoms with Crippen molar-refractivity contribution in [2.24, 2.45) is 0 Å². The van der Waals surface area contributed by atoms with E-state index < -0.39 is 21.8 Å². The molecular weight excluding hydrogens is 409 g/mol. The first kappa shape index (κ1) is 20.6. The Balaban J connectivity index is 1.64. The van der Waals surface area contributed by atoms with E-state index in [1.807, 2.05) is 0 Å². The molecule has 0 atom stereocenters. The average Bonchev–Trinajstić information content (AvgIpc) is 3.22. The second kappa shape index (κ2) is 8.89. The number of halogens is 2. The van der Waals surface area contributed by atoms with E-state index in [4.69, 9.17) is 21.1 Å². The first-order chi connectivity index (χ1) is 13.4. The summed E-state index contributed by atoms with van der Waals surface area (Å²) in [5.41, 5.74) is -0.0483. The molecule has 1 aliphatic heterocycles. The summed E-state index contributed by atoms with van der Waals surface area (Å²) in [6.07, 6.45) is 1.62. The topological polar surface area (TPSA) is 72.9 Å². The third kappa shape index (κ3) is 4.63. The number of benzene rings is 2. The van der Waals surface area contributed by atoms with Crippen molar-refractivity contribution in [3.05, 3.63) is 58.9 Å². The minimum absolute atomic E-state index is 0.00615. The molecule has 0 amide bonds. The predicted molar refractivity (Wildman–Crippen MR) is 102 cm³/mol. The van der Waals surface area contributed by atoms with Gasteiger partial charge in [0.15, 0.2) is 11.6 Å². The van der Waals surface area contributed by atoms with E-state index in [-0.39, 0.29) is 34.4 Å². The van der Waals surface area contributed by atoms with Crippen molar-refractivity contribution in [1.29, 1.82) is 0 Å². The van der Waals surface area contributed by atoms with Crippen LogP contribution in [0.1, 0.15) is 23.2 Å². The number of esters is 1. The molecule has 0 aliphatic carbocycles. The monoisotopic (exact) mass is 427 g/mol. The SMILES string of the molecule is O=C(OCCOc1ccccc1F)c1cc(S(=O)(=O)N2CCCC2)ccc1Cl. The molecule has 1 heterocycles. The summed E-state index contributed by atoms with van der Waals surface area (Å²) >= 11 is 6.04. The fourth-order valence-electron chi connectivity index (χ4n) is 2.82. The van der Waals surface area contributed by atoms with Crippen LogP contribution in [0.15, 0.2) is 47.4 Å². The summed E-state index contributed by atoms with van der Waals surface area (Å²) in [5.74, 6) is -1.24. The van der Waals surface area contributed by atoms with Gasteiger partial charge in [-0.2, -0.15) is 4.31 Å². The van der Waals surface area contributed by atoms with Gasteiger partial charge in [0.25, 0.3) is 0 Å². The maximum absolute atomic E-state index is 13.5. The summed E-state index contributed by atoms with van der Waals surface area (Å²) in [6.45, 7) is 0.707. The van der Waals surface area contributed by atoms with Crippen LogP contribution in [0.4, 0.5) is 4.39 Å². The molecule has 0 N–H and O–H groups in total. The maximum Gasteiger partial charge on any atom is 0.339 e. The molecule has 0 radical (unpaired) electrons. The molecule has 2 aromatic rings. The van der Waals surface area contributed by atoms with Crippen LogP contribution < -0.4 is 4.74 Å². The Kier molecular flexibility index (Phi) is 6.53. The highest BCUT2D eigenvalue weighted by atomic mass is 35.5. The molecular formula is C19H19ClFNO5S. The maximum atomic E-state index is 13.5. The Morgan fingerprint density at radius 1 is 1.11 bits per heavy atom. The lowest BCUT2D eigenvalue weighted by Gasteiger charge is -2.16. The van der Waals surface area contributed by atoms with Crippen LogP contribution in [0.2, 0.25) is 5.02 Å². The normalized spacial score (nSPS) is 14.8. The Bertz CT molecular complexity index is 961. The lowest BCUT2D eigenvalue weighted by molar-refractivity contribution is 0.0448. The van der Waals surface area contributed by atoms with E-state index in [0.29, 0.717) is 13.1 Å². The van der Waals surface area contributed by atoms with Gasteiger partial charge in [-0.25, -0.2) is 17.6 Å². The fourth-order valence-corrected chi connectivity index (χ4v) is 4.56. The molecule has 0 bridgehead atoms. The largest absolute Gasteiger partial charge is 0.487 e. The molecule has 0 spiro atoms. The third-order valence-electron chi connectivity index (χ3n) is 4.27. The Morgan fingerprint density at radius 3 is 2.54 bits per heavy atom. The molecule has 9 heteroatoms. The number of carbonyl (C=O) groups excluding carboxylic acids is 1. The number of rotatable bonds is 7. The van der Waals surface area contributed by atoms with Crippen molar-refractivity contribution >= 4 is 27.6 Å². The smallest absolute Gasteiger partial charge is 0.339 e. The zero-order chi connectivity index (χ0) is 20.1. The third-order valence-corrected chi connectivity index (χ3v) is 6.50. The van der Waals surface area contributed by atoms with Gasteiger partial charge in [0.1, 0.15) is 13.2 Å². The van der Waals surface area contributed by atoms with Gasteiger partial charge in [-0.15, -0.1) is 0 Å². The number of para-hydroxylation sites is 1. The highest BCUT2D eigenvalue weighted by molar-refractivity contribution is 7.89. The van der Waals surface area contributed by atoms with Gasteiger partial charge < -0.3 is 9.47 Å². The molecule has 1 fully saturated rings. The first-order valence-electron chi connectivity index (χ1n) is 8.74. The van der Waals surface area contributed by atoms with E-state index in [1.54, 1.807) is 6.07 Å². The van der Waals surface area contributed by atoms with Crippen molar-refractivity contribution in [2.45, 2.75) is 17.7 Å². The highest BCUT2D eigenvalue weighted by Gasteiger charge is 2.28. The van der Waals surface area contributed by atoms with Gasteiger partial charge in [0.05, 0.1) is 15.5 Å². The number of ether oxygens (including phenoxy) is 2. The highest BCUT2D eigenvalue weighted by Crippen LogP contribution is 2.26. The zero-order valence-corrected chi connectivity index (χ0v) is 16.5. The molecule has 28 heavy (non-hydrogen) atoms. The Hall–Kier alpha value is -2.16. The molecule has 6 nitrogen and oxygen atoms in total. The number of nitrogens with zero attached hydrogens (tertiary/aromatic N) is 1. The molecule has 1 saturated heterocycles. The van der Waals surface area contributed by atoms with E-state index in [9.17, 15) is 17.6 Å². The van der Waals surface area contributed by atoms with Gasteiger partial charge >= 0.3 is 5.97 Å². The summed E-state index contributed by atoms with van der Waals surface area (Å²) in [6, 6.07) is 9.82. The fraction of sp³-hybridized carbons (Fsp3) is 0.316. The molecule has 0 saturated carbocycles. The molecule has 2 aromatic carbocycles. The minimum atomic E-state index is -3.68. The molecule has 1 aliphatic rings. The summed E-state index contributed by atoms with van der Waals surface area (Å²) in [5, 5.41) is 0.0837. The van der Waals surface area contributed by atoms with Crippen molar-refractivity contribution in [1.82, 2.24) is 4.31 Å². The number of hydrogen-bond acceptors (Lipinski definition) is 5. The summed E-state index contributed by atoms with van der Waals surface area (Å²) in [4.78, 5) is 12.3. The molecule has 3 rings (SSSR count). The van der Waals surface area contributed by atoms with E-state index in [0.717, 1.165) is 12.8 Å². The van der Waals surface area contributed by atoms with Crippen molar-refractivity contribution in [2.75, 3.05) is 26.3 Å². The van der Waals surface area contributed by atoms with Crippen LogP contribution in [0.25, 0.3) is 0 Å². The Labute approximate surface area is 167 Å². The first-order valence-corrected chi connectivity index (χ1v) is 10.6. The van der Waals surface area contributed by atoms with Crippen molar-refractivity contribution in [3.63, 3.8) is 0 Å². The van der Waals surface area contributed by atoms with Gasteiger partial charge in [0, 0.05) is 13.1 Å². The summed E-state index contributed by atoms with van der Waals surface area (Å²) < 4.78 is 50.4.